The average Bonchev–Trinajstić information content (AvgIpc) is 2.46. The van der Waals surface area contributed by atoms with Crippen LogP contribution in [0.25, 0.3) is 0 Å². The largest absolute Gasteiger partial charge is 1.00 e. The molecule has 0 saturated carbocycles. The maximum absolute atomic E-state index is 11.1. The van der Waals surface area contributed by atoms with Crippen LogP contribution in [0, 0.1) is 0 Å². The van der Waals surface area contributed by atoms with Gasteiger partial charge in [-0.2, -0.15) is 0 Å². The molecule has 0 bridgehead atoms. The zero-order valence-corrected chi connectivity index (χ0v) is 14.9. The van der Waals surface area contributed by atoms with Crippen LogP contribution in [0.4, 0.5) is 0 Å². The molecule has 21 heavy (non-hydrogen) atoms. The van der Waals surface area contributed by atoms with Crippen molar-refractivity contribution in [2.45, 2.75) is 12.5 Å². The minimum atomic E-state index is -1.24. The summed E-state index contributed by atoms with van der Waals surface area (Å²) >= 11 is 0. The molecule has 0 aliphatic carbocycles. The summed E-state index contributed by atoms with van der Waals surface area (Å²) in [6.45, 7) is 0. The molecule has 5 heteroatoms. The zero-order chi connectivity index (χ0) is 14.4. The van der Waals surface area contributed by atoms with Gasteiger partial charge in [0.2, 0.25) is 0 Å². The number of carbonyl (C=O) groups is 1. The van der Waals surface area contributed by atoms with Crippen LogP contribution >= 0.6 is 0 Å². The van der Waals surface area contributed by atoms with Crippen molar-refractivity contribution >= 4 is 12.2 Å². The predicted molar refractivity (Wildman–Crippen MR) is 74.6 cm³/mol. The molecular weight excluding hydrogens is 293 g/mol. The Bertz CT molecular complexity index is 614. The summed E-state index contributed by atoms with van der Waals surface area (Å²) in [4.78, 5) is 15.1. The van der Waals surface area contributed by atoms with Crippen LogP contribution in [-0.4, -0.2) is 23.3 Å². The molecule has 0 radical (unpaired) electrons. The van der Waals surface area contributed by atoms with Gasteiger partial charge in [-0.15, -0.1) is 0 Å². The SMILES string of the molecule is O=C([O-])[C@H](Cc1ccccc1)N=Cc1ccccc1O.[K+]. The topological polar surface area (TPSA) is 72.7 Å². The first kappa shape index (κ1) is 18.1. The first-order valence-electron chi connectivity index (χ1n) is 6.23. The van der Waals surface area contributed by atoms with E-state index in [4.69, 9.17) is 0 Å². The molecule has 0 fully saturated rings. The average molecular weight is 307 g/mol. The molecule has 2 aromatic carbocycles. The molecule has 1 atom stereocenters. The van der Waals surface area contributed by atoms with Crippen LogP contribution in [0.5, 0.6) is 5.75 Å². The number of carbonyl (C=O) groups excluding carboxylic acids is 1. The standard InChI is InChI=1S/C16H15NO3.K/c18-15-9-5-4-8-13(15)11-17-14(16(19)20)10-12-6-2-1-3-7-12;/h1-9,11,14,18H,10H2,(H,19,20);/q;+1/p-1/t14-;/m0./s1. The molecule has 0 heterocycles. The molecule has 102 valence electrons. The number of aromatic hydroxyl groups is 1. The summed E-state index contributed by atoms with van der Waals surface area (Å²) in [5.74, 6) is -1.17. The van der Waals surface area contributed by atoms with E-state index in [0.717, 1.165) is 5.56 Å². The molecule has 4 nitrogen and oxygen atoms in total. The number of phenols is 1. The van der Waals surface area contributed by atoms with E-state index in [9.17, 15) is 15.0 Å². The number of para-hydroxylation sites is 1. The van der Waals surface area contributed by atoms with E-state index in [0.29, 0.717) is 5.56 Å². The number of aliphatic imine (C=N–C) groups is 1. The van der Waals surface area contributed by atoms with Gasteiger partial charge in [0.25, 0.3) is 0 Å². The second kappa shape index (κ2) is 9.12. The van der Waals surface area contributed by atoms with E-state index in [1.807, 2.05) is 30.3 Å². The number of benzene rings is 2. The number of carboxylic acids is 1. The zero-order valence-electron chi connectivity index (χ0n) is 11.8. The van der Waals surface area contributed by atoms with Gasteiger partial charge in [0.15, 0.2) is 0 Å². The minimum Gasteiger partial charge on any atom is -0.548 e. The number of hydrogen-bond acceptors (Lipinski definition) is 4. The molecular formula is C16H14KNO3. The second-order valence-electron chi connectivity index (χ2n) is 4.36. The fourth-order valence-electron chi connectivity index (χ4n) is 1.80. The van der Waals surface area contributed by atoms with Gasteiger partial charge in [0, 0.05) is 18.2 Å². The molecule has 0 amide bonds. The van der Waals surface area contributed by atoms with Crippen molar-refractivity contribution in [3.63, 3.8) is 0 Å². The summed E-state index contributed by atoms with van der Waals surface area (Å²) < 4.78 is 0. The van der Waals surface area contributed by atoms with Gasteiger partial charge in [-0.1, -0.05) is 42.5 Å². The Morgan fingerprint density at radius 3 is 2.38 bits per heavy atom. The molecule has 0 aliphatic heterocycles. The van der Waals surface area contributed by atoms with Crippen LogP contribution in [0.2, 0.25) is 0 Å². The van der Waals surface area contributed by atoms with Gasteiger partial charge in [0.05, 0.1) is 12.0 Å². The third-order valence-corrected chi connectivity index (χ3v) is 2.87. The van der Waals surface area contributed by atoms with Crippen LogP contribution in [0.1, 0.15) is 11.1 Å². The van der Waals surface area contributed by atoms with Crippen LogP contribution in [-0.2, 0) is 11.2 Å². The fraction of sp³-hybridized carbons (Fsp3) is 0.125. The van der Waals surface area contributed by atoms with Gasteiger partial charge >= 0.3 is 51.4 Å². The Morgan fingerprint density at radius 1 is 1.14 bits per heavy atom. The number of phenolic OH excluding ortho intramolecular Hbond substituents is 1. The van der Waals surface area contributed by atoms with E-state index in [1.165, 1.54) is 12.3 Å². The number of nitrogens with zero attached hydrogens (tertiary/aromatic N) is 1. The fourth-order valence-corrected chi connectivity index (χ4v) is 1.80. The summed E-state index contributed by atoms with van der Waals surface area (Å²) in [6, 6.07) is 14.9. The predicted octanol–water partition coefficient (Wildman–Crippen LogP) is -1.82. The molecule has 0 saturated heterocycles. The Kier molecular flexibility index (Phi) is 7.85. The van der Waals surface area contributed by atoms with E-state index >= 15 is 0 Å². The van der Waals surface area contributed by atoms with Crippen LogP contribution in [0.3, 0.4) is 0 Å². The minimum absolute atomic E-state index is 0. The Hall–Kier alpha value is -0.984. The summed E-state index contributed by atoms with van der Waals surface area (Å²) in [5, 5.41) is 20.7. The molecule has 1 N–H and O–H groups in total. The number of rotatable bonds is 5. The molecule has 2 aromatic rings. The quantitative estimate of drug-likeness (QED) is 0.522. The van der Waals surface area contributed by atoms with Crippen molar-refractivity contribution < 1.29 is 66.4 Å². The molecule has 0 unspecified atom stereocenters. The van der Waals surface area contributed by atoms with E-state index in [1.54, 1.807) is 18.2 Å². The van der Waals surface area contributed by atoms with Crippen molar-refractivity contribution in [1.29, 1.82) is 0 Å². The van der Waals surface area contributed by atoms with Crippen LogP contribution in [0.15, 0.2) is 59.6 Å². The van der Waals surface area contributed by atoms with Crippen molar-refractivity contribution in [2.24, 2.45) is 4.99 Å². The van der Waals surface area contributed by atoms with E-state index in [-0.39, 0.29) is 63.6 Å². The summed E-state index contributed by atoms with van der Waals surface area (Å²) in [6.07, 6.45) is 1.62. The van der Waals surface area contributed by atoms with Gasteiger partial charge in [-0.05, 0) is 17.7 Å². The molecule has 0 aromatic heterocycles. The smallest absolute Gasteiger partial charge is 0.548 e. The van der Waals surface area contributed by atoms with Crippen molar-refractivity contribution in [3.05, 3.63) is 65.7 Å². The third kappa shape index (κ3) is 5.72. The maximum atomic E-state index is 11.1. The number of aliphatic carboxylic acids is 1. The maximum Gasteiger partial charge on any atom is 1.00 e. The van der Waals surface area contributed by atoms with Gasteiger partial charge < -0.3 is 15.0 Å². The normalized spacial score (nSPS) is 11.8. The Balaban J connectivity index is 0.00000220. The third-order valence-electron chi connectivity index (χ3n) is 2.87. The van der Waals surface area contributed by atoms with Gasteiger partial charge in [-0.3, -0.25) is 4.99 Å². The van der Waals surface area contributed by atoms with Crippen molar-refractivity contribution in [2.75, 3.05) is 0 Å². The summed E-state index contributed by atoms with van der Waals surface area (Å²) in [7, 11) is 0. The second-order valence-corrected chi connectivity index (χ2v) is 4.36. The molecule has 0 spiro atoms. The summed E-state index contributed by atoms with van der Waals surface area (Å²) in [5.41, 5.74) is 1.35. The number of carboxylic acid groups (broad SMARTS) is 1. The van der Waals surface area contributed by atoms with Crippen molar-refractivity contribution in [3.8, 4) is 5.75 Å². The van der Waals surface area contributed by atoms with Crippen LogP contribution < -0.4 is 56.5 Å². The van der Waals surface area contributed by atoms with E-state index < -0.39 is 12.0 Å². The molecule has 2 rings (SSSR count). The number of hydrogen-bond donors (Lipinski definition) is 1. The van der Waals surface area contributed by atoms with E-state index in [2.05, 4.69) is 4.99 Å². The Morgan fingerprint density at radius 2 is 1.76 bits per heavy atom. The molecule has 0 aliphatic rings. The Labute approximate surface area is 166 Å². The van der Waals surface area contributed by atoms with Gasteiger partial charge in [-0.25, -0.2) is 0 Å². The first-order valence-corrected chi connectivity index (χ1v) is 6.23. The first-order chi connectivity index (χ1) is 9.66. The van der Waals surface area contributed by atoms with Crippen molar-refractivity contribution in [1.82, 2.24) is 0 Å². The van der Waals surface area contributed by atoms with Gasteiger partial charge in [0.1, 0.15) is 5.75 Å². The monoisotopic (exact) mass is 307 g/mol.